The second-order valence-electron chi connectivity index (χ2n) is 9.18. The van der Waals surface area contributed by atoms with Gasteiger partial charge in [0.2, 0.25) is 5.28 Å². The van der Waals surface area contributed by atoms with E-state index in [9.17, 15) is 4.79 Å². The first kappa shape index (κ1) is 20.9. The number of hydrogen-bond acceptors (Lipinski definition) is 5. The average molecular weight is 429 g/mol. The molecule has 1 amide bonds. The summed E-state index contributed by atoms with van der Waals surface area (Å²) in [5.41, 5.74) is 3.43. The minimum Gasteiger partial charge on any atom is -0.444 e. The van der Waals surface area contributed by atoms with Crippen LogP contribution in [0.15, 0.2) is 24.3 Å². The molecule has 1 aliphatic heterocycles. The van der Waals surface area contributed by atoms with Crippen molar-refractivity contribution in [1.29, 1.82) is 0 Å². The Hall–Kier alpha value is -2.34. The van der Waals surface area contributed by atoms with Crippen LogP contribution in [0, 0.1) is 0 Å². The lowest BCUT2D eigenvalue weighted by molar-refractivity contribution is 0.0241. The third kappa shape index (κ3) is 4.86. The van der Waals surface area contributed by atoms with Crippen LogP contribution in [0.4, 0.5) is 16.3 Å². The number of carbonyl (C=O) groups excluding carboxylic acids is 1. The molecule has 0 saturated heterocycles. The van der Waals surface area contributed by atoms with E-state index in [-0.39, 0.29) is 11.4 Å². The van der Waals surface area contributed by atoms with Crippen LogP contribution >= 0.6 is 11.6 Å². The summed E-state index contributed by atoms with van der Waals surface area (Å²) in [7, 11) is 0. The number of hydrogen-bond donors (Lipinski definition) is 1. The van der Waals surface area contributed by atoms with Crippen molar-refractivity contribution in [2.24, 2.45) is 0 Å². The average Bonchev–Trinajstić information content (AvgIpc) is 3.12. The summed E-state index contributed by atoms with van der Waals surface area (Å²) in [5.74, 6) is 1.31. The number of nitrogens with zero attached hydrogens (tertiary/aromatic N) is 3. The van der Waals surface area contributed by atoms with Crippen molar-refractivity contribution < 1.29 is 9.53 Å². The summed E-state index contributed by atoms with van der Waals surface area (Å²) < 4.78 is 5.50. The lowest BCUT2D eigenvalue weighted by Gasteiger charge is -2.24. The molecule has 0 atom stereocenters. The van der Waals surface area contributed by atoms with Gasteiger partial charge in [0.05, 0.1) is 18.8 Å². The van der Waals surface area contributed by atoms with Crippen LogP contribution in [0.25, 0.3) is 0 Å². The van der Waals surface area contributed by atoms with Crippen LogP contribution in [0.2, 0.25) is 5.28 Å². The Balaban J connectivity index is 1.49. The summed E-state index contributed by atoms with van der Waals surface area (Å²) in [6.45, 7) is 6.32. The van der Waals surface area contributed by atoms with Gasteiger partial charge in [-0.25, -0.2) is 14.8 Å². The van der Waals surface area contributed by atoms with Gasteiger partial charge >= 0.3 is 6.09 Å². The summed E-state index contributed by atoms with van der Waals surface area (Å²) in [4.78, 5) is 22.8. The molecule has 30 heavy (non-hydrogen) atoms. The van der Waals surface area contributed by atoms with Gasteiger partial charge in [-0.3, -0.25) is 4.90 Å². The maximum Gasteiger partial charge on any atom is 0.410 e. The molecule has 7 heteroatoms. The molecular weight excluding hydrogens is 400 g/mol. The molecule has 2 heterocycles. The molecule has 1 aliphatic carbocycles. The molecule has 0 bridgehead atoms. The van der Waals surface area contributed by atoms with Crippen molar-refractivity contribution >= 4 is 29.2 Å². The van der Waals surface area contributed by atoms with Gasteiger partial charge in [0.15, 0.2) is 0 Å². The van der Waals surface area contributed by atoms with Gasteiger partial charge in [-0.05, 0) is 68.8 Å². The number of fused-ring (bicyclic) bond motifs is 1. The first-order valence-corrected chi connectivity index (χ1v) is 11.1. The zero-order valence-electron chi connectivity index (χ0n) is 17.9. The quantitative estimate of drug-likeness (QED) is 0.592. The summed E-state index contributed by atoms with van der Waals surface area (Å²) in [6, 6.07) is 8.59. The van der Waals surface area contributed by atoms with Crippen LogP contribution in [0.1, 0.15) is 75.6 Å². The number of ether oxygens (including phenoxy) is 1. The topological polar surface area (TPSA) is 67.3 Å². The lowest BCUT2D eigenvalue weighted by Crippen LogP contribution is -2.33. The maximum atomic E-state index is 12.5. The van der Waals surface area contributed by atoms with Crippen molar-refractivity contribution in [3.05, 3.63) is 46.4 Å². The van der Waals surface area contributed by atoms with E-state index in [1.165, 1.54) is 37.7 Å². The normalized spacial score (nSPS) is 17.0. The molecule has 160 valence electrons. The highest BCUT2D eigenvalue weighted by molar-refractivity contribution is 6.28. The second-order valence-corrected chi connectivity index (χ2v) is 9.52. The molecule has 1 aromatic heterocycles. The van der Waals surface area contributed by atoms with Crippen molar-refractivity contribution in [2.45, 2.75) is 77.5 Å². The van der Waals surface area contributed by atoms with E-state index in [1.54, 1.807) is 4.90 Å². The predicted octanol–water partition coefficient (Wildman–Crippen LogP) is 6.17. The summed E-state index contributed by atoms with van der Waals surface area (Å²) in [6.07, 6.45) is 6.20. The van der Waals surface area contributed by atoms with Gasteiger partial charge in [0.1, 0.15) is 11.4 Å². The van der Waals surface area contributed by atoms with Gasteiger partial charge in [0, 0.05) is 11.3 Å². The number of carbonyl (C=O) groups is 1. The van der Waals surface area contributed by atoms with Gasteiger partial charge in [-0.1, -0.05) is 31.4 Å². The number of nitrogens with one attached hydrogen (secondary N) is 1. The summed E-state index contributed by atoms with van der Waals surface area (Å²) >= 11 is 6.16. The number of anilines is 2. The zero-order chi connectivity index (χ0) is 21.3. The zero-order valence-corrected chi connectivity index (χ0v) is 18.6. The molecule has 0 radical (unpaired) electrons. The minimum absolute atomic E-state index is 0.168. The van der Waals surface area contributed by atoms with Crippen LogP contribution in [0.3, 0.4) is 0 Å². The molecule has 2 aromatic rings. The molecule has 0 unspecified atom stereocenters. The van der Waals surface area contributed by atoms with Crippen molar-refractivity contribution in [2.75, 3.05) is 5.32 Å². The third-order valence-corrected chi connectivity index (χ3v) is 5.83. The van der Waals surface area contributed by atoms with E-state index < -0.39 is 5.60 Å². The molecule has 1 N–H and O–H groups in total. The number of amides is 1. The molecule has 1 aromatic carbocycles. The second kappa shape index (κ2) is 8.42. The molecule has 2 aliphatic rings. The molecule has 1 fully saturated rings. The molecule has 6 nitrogen and oxygen atoms in total. The predicted molar refractivity (Wildman–Crippen MR) is 118 cm³/mol. The Bertz CT molecular complexity index is 918. The highest BCUT2D eigenvalue weighted by Crippen LogP contribution is 2.34. The Labute approximate surface area is 183 Å². The van der Waals surface area contributed by atoms with Crippen LogP contribution in [-0.2, 0) is 17.8 Å². The minimum atomic E-state index is -0.545. The van der Waals surface area contributed by atoms with Gasteiger partial charge in [0.25, 0.3) is 0 Å². The fourth-order valence-corrected chi connectivity index (χ4v) is 4.38. The van der Waals surface area contributed by atoms with Crippen LogP contribution < -0.4 is 5.32 Å². The number of rotatable bonds is 3. The Morgan fingerprint density at radius 3 is 2.47 bits per heavy atom. The van der Waals surface area contributed by atoms with Crippen LogP contribution in [0.5, 0.6) is 0 Å². The largest absolute Gasteiger partial charge is 0.444 e. The number of benzene rings is 1. The van der Waals surface area contributed by atoms with Gasteiger partial charge in [-0.2, -0.15) is 0 Å². The first-order chi connectivity index (χ1) is 14.3. The monoisotopic (exact) mass is 428 g/mol. The van der Waals surface area contributed by atoms with E-state index in [0.717, 1.165) is 16.9 Å². The van der Waals surface area contributed by atoms with E-state index >= 15 is 0 Å². The number of aromatic nitrogens is 2. The first-order valence-electron chi connectivity index (χ1n) is 10.7. The molecule has 1 saturated carbocycles. The van der Waals surface area contributed by atoms with Crippen molar-refractivity contribution in [3.8, 4) is 0 Å². The maximum absolute atomic E-state index is 12.5. The highest BCUT2D eigenvalue weighted by Gasteiger charge is 2.31. The van der Waals surface area contributed by atoms with Crippen LogP contribution in [-0.4, -0.2) is 26.6 Å². The Morgan fingerprint density at radius 2 is 1.80 bits per heavy atom. The fraction of sp³-hybridized carbons (Fsp3) is 0.522. The Morgan fingerprint density at radius 1 is 1.10 bits per heavy atom. The summed E-state index contributed by atoms with van der Waals surface area (Å²) in [5, 5.41) is 3.54. The van der Waals surface area contributed by atoms with Gasteiger partial charge in [-0.15, -0.1) is 0 Å². The van der Waals surface area contributed by atoms with Gasteiger partial charge < -0.3 is 10.1 Å². The van der Waals surface area contributed by atoms with E-state index in [4.69, 9.17) is 16.3 Å². The van der Waals surface area contributed by atoms with E-state index in [0.29, 0.717) is 24.8 Å². The molecule has 0 spiro atoms. The SMILES string of the molecule is CC(C)(C)OC(=O)N1Cc2nc(Cl)nc(Nc3ccc(C4CCCCC4)cc3)c2C1. The lowest BCUT2D eigenvalue weighted by atomic mass is 9.84. The molecular formula is C23H29ClN4O2. The Kier molecular flexibility index (Phi) is 5.87. The van der Waals surface area contributed by atoms with E-state index in [2.05, 4.69) is 39.6 Å². The fourth-order valence-electron chi connectivity index (χ4n) is 4.19. The standard InChI is InChI=1S/C23H29ClN4O2/c1-23(2,3)30-22(29)28-13-18-19(14-28)26-21(24)27-20(18)25-17-11-9-16(10-12-17)15-7-5-4-6-8-15/h9-12,15H,4-8,13-14H2,1-3H3,(H,25,26,27). The smallest absolute Gasteiger partial charge is 0.410 e. The molecule has 4 rings (SSSR count). The highest BCUT2D eigenvalue weighted by atomic mass is 35.5. The number of halogens is 1. The third-order valence-electron chi connectivity index (χ3n) is 5.66. The van der Waals surface area contributed by atoms with Crippen molar-refractivity contribution in [3.63, 3.8) is 0 Å². The van der Waals surface area contributed by atoms with Crippen molar-refractivity contribution in [1.82, 2.24) is 14.9 Å². The van der Waals surface area contributed by atoms with E-state index in [1.807, 2.05) is 20.8 Å².